The molecule has 7 heteroatoms. The van der Waals surface area contributed by atoms with Crippen molar-refractivity contribution in [1.29, 1.82) is 0 Å². The Morgan fingerprint density at radius 3 is 2.50 bits per heavy atom. The Labute approximate surface area is 142 Å². The van der Waals surface area contributed by atoms with Crippen LogP contribution < -0.4 is 26.8 Å². The number of amides is 3. The average molecular weight is 334 g/mol. The first-order valence-corrected chi connectivity index (χ1v) is 8.22. The molecule has 7 nitrogen and oxygen atoms in total. The van der Waals surface area contributed by atoms with E-state index in [9.17, 15) is 9.59 Å². The molecule has 3 amide bonds. The van der Waals surface area contributed by atoms with Crippen LogP contribution in [-0.4, -0.2) is 25.6 Å². The third-order valence-electron chi connectivity index (χ3n) is 4.63. The van der Waals surface area contributed by atoms with Crippen molar-refractivity contribution >= 4 is 23.3 Å². The molecule has 1 saturated carbocycles. The van der Waals surface area contributed by atoms with Crippen LogP contribution in [0.2, 0.25) is 0 Å². The first-order chi connectivity index (χ1) is 11.5. The third-order valence-corrected chi connectivity index (χ3v) is 4.63. The summed E-state index contributed by atoms with van der Waals surface area (Å²) >= 11 is 0. The number of ether oxygens (including phenoxy) is 1. The fraction of sp³-hybridized carbons (Fsp3) is 0.529. The molecule has 0 radical (unpaired) electrons. The highest BCUT2D eigenvalue weighted by molar-refractivity contribution is 5.93. The molecule has 0 aromatic heterocycles. The minimum Gasteiger partial charge on any atom is -0.494 e. The van der Waals surface area contributed by atoms with Gasteiger partial charge in [-0.3, -0.25) is 4.79 Å². The second-order valence-corrected chi connectivity index (χ2v) is 6.39. The van der Waals surface area contributed by atoms with Crippen molar-refractivity contribution < 1.29 is 14.3 Å². The van der Waals surface area contributed by atoms with E-state index in [1.54, 1.807) is 18.2 Å². The maximum atomic E-state index is 12.4. The average Bonchev–Trinajstić information content (AvgIpc) is 2.56. The third kappa shape index (κ3) is 4.61. The summed E-state index contributed by atoms with van der Waals surface area (Å²) in [6, 6.07) is 4.31. The van der Waals surface area contributed by atoms with E-state index in [1.165, 1.54) is 13.5 Å². The quantitative estimate of drug-likeness (QED) is 0.638. The molecule has 0 aliphatic heterocycles. The van der Waals surface area contributed by atoms with Crippen LogP contribution >= 0.6 is 0 Å². The molecule has 0 unspecified atom stereocenters. The Bertz CT molecular complexity index is 597. The van der Waals surface area contributed by atoms with Gasteiger partial charge in [0.1, 0.15) is 5.75 Å². The molecular formula is C17H26N4O3. The number of nitrogens with two attached hydrogens (primary N) is 2. The van der Waals surface area contributed by atoms with Crippen molar-refractivity contribution in [3.05, 3.63) is 18.2 Å². The molecule has 6 N–H and O–H groups in total. The van der Waals surface area contributed by atoms with Crippen LogP contribution in [-0.2, 0) is 4.79 Å². The number of hydrogen-bond acceptors (Lipinski definition) is 4. The molecule has 132 valence electrons. The Balaban J connectivity index is 2.04. The van der Waals surface area contributed by atoms with Crippen molar-refractivity contribution in [2.24, 2.45) is 16.9 Å². The van der Waals surface area contributed by atoms with E-state index in [0.29, 0.717) is 30.1 Å². The van der Waals surface area contributed by atoms with Gasteiger partial charge in [-0.15, -0.1) is 0 Å². The molecule has 1 aliphatic carbocycles. The van der Waals surface area contributed by atoms with Gasteiger partial charge in [0.05, 0.1) is 12.8 Å². The maximum absolute atomic E-state index is 12.4. The molecule has 1 aromatic rings. The fourth-order valence-electron chi connectivity index (χ4n) is 3.31. The monoisotopic (exact) mass is 334 g/mol. The molecule has 1 fully saturated rings. The molecule has 0 saturated heterocycles. The smallest absolute Gasteiger partial charge is 0.316 e. The lowest BCUT2D eigenvalue weighted by atomic mass is 9.71. The number of rotatable bonds is 6. The number of carbonyl (C=O) groups is 2. The summed E-state index contributed by atoms with van der Waals surface area (Å²) in [5.74, 6) is 0.373. The van der Waals surface area contributed by atoms with E-state index in [0.717, 1.165) is 25.7 Å². The van der Waals surface area contributed by atoms with Crippen LogP contribution in [0.1, 0.15) is 38.5 Å². The summed E-state index contributed by atoms with van der Waals surface area (Å²) in [5, 5.41) is 5.36. The molecule has 1 aromatic carbocycles. The molecule has 0 atom stereocenters. The second-order valence-electron chi connectivity index (χ2n) is 6.39. The van der Waals surface area contributed by atoms with E-state index in [-0.39, 0.29) is 11.3 Å². The lowest BCUT2D eigenvalue weighted by Crippen LogP contribution is -2.36. The molecular weight excluding hydrogens is 308 g/mol. The van der Waals surface area contributed by atoms with Crippen LogP contribution in [0.4, 0.5) is 16.2 Å². The number of benzene rings is 1. The molecule has 0 heterocycles. The van der Waals surface area contributed by atoms with E-state index < -0.39 is 6.03 Å². The Kier molecular flexibility index (Phi) is 6.03. The normalized spacial score (nSPS) is 16.2. The van der Waals surface area contributed by atoms with E-state index in [4.69, 9.17) is 16.2 Å². The first kappa shape index (κ1) is 18.1. The number of primary amides is 1. The molecule has 0 spiro atoms. The van der Waals surface area contributed by atoms with Gasteiger partial charge in [-0.2, -0.15) is 0 Å². The lowest BCUT2D eigenvalue weighted by molar-refractivity contribution is -0.118. The summed E-state index contributed by atoms with van der Waals surface area (Å²) in [7, 11) is 1.48. The molecule has 0 bridgehead atoms. The largest absolute Gasteiger partial charge is 0.494 e. The van der Waals surface area contributed by atoms with Crippen LogP contribution in [0.3, 0.4) is 0 Å². The number of carbonyl (C=O) groups excluding carboxylic acids is 2. The maximum Gasteiger partial charge on any atom is 0.316 e. The lowest BCUT2D eigenvalue weighted by Gasteiger charge is -2.35. The fourth-order valence-corrected chi connectivity index (χ4v) is 3.31. The molecule has 24 heavy (non-hydrogen) atoms. The Morgan fingerprint density at radius 2 is 1.92 bits per heavy atom. The zero-order valence-electron chi connectivity index (χ0n) is 14.1. The minimum absolute atomic E-state index is 0.0555. The van der Waals surface area contributed by atoms with Crippen LogP contribution in [0.25, 0.3) is 0 Å². The number of hydrogen-bond donors (Lipinski definition) is 4. The van der Waals surface area contributed by atoms with Crippen molar-refractivity contribution in [3.63, 3.8) is 0 Å². The zero-order valence-corrected chi connectivity index (χ0v) is 14.1. The predicted molar refractivity (Wildman–Crippen MR) is 94.0 cm³/mol. The number of urea groups is 1. The SMILES string of the molecule is COc1cc(NC(=O)CC2(CN)CCCCC2)ccc1NC(N)=O. The van der Waals surface area contributed by atoms with Gasteiger partial charge in [-0.25, -0.2) is 4.79 Å². The van der Waals surface area contributed by atoms with Gasteiger partial charge in [-0.05, 0) is 36.9 Å². The molecule has 1 aliphatic rings. The van der Waals surface area contributed by atoms with Crippen molar-refractivity contribution in [2.75, 3.05) is 24.3 Å². The summed E-state index contributed by atoms with van der Waals surface area (Å²) in [5.41, 5.74) is 12.0. The van der Waals surface area contributed by atoms with Crippen molar-refractivity contribution in [1.82, 2.24) is 0 Å². The first-order valence-electron chi connectivity index (χ1n) is 8.22. The number of nitrogens with one attached hydrogen (secondary N) is 2. The van der Waals surface area contributed by atoms with E-state index >= 15 is 0 Å². The highest BCUT2D eigenvalue weighted by Gasteiger charge is 2.32. The van der Waals surface area contributed by atoms with Crippen molar-refractivity contribution in [2.45, 2.75) is 38.5 Å². The summed E-state index contributed by atoms with van der Waals surface area (Å²) in [6.07, 6.45) is 5.91. The van der Waals surface area contributed by atoms with Gasteiger partial charge < -0.3 is 26.8 Å². The van der Waals surface area contributed by atoms with Crippen molar-refractivity contribution in [3.8, 4) is 5.75 Å². The predicted octanol–water partition coefficient (Wildman–Crippen LogP) is 2.42. The van der Waals surface area contributed by atoms with Gasteiger partial charge in [0.2, 0.25) is 5.91 Å². The van der Waals surface area contributed by atoms with Crippen LogP contribution in [0.15, 0.2) is 18.2 Å². The number of anilines is 2. The summed E-state index contributed by atoms with van der Waals surface area (Å²) in [4.78, 5) is 23.4. The highest BCUT2D eigenvalue weighted by atomic mass is 16.5. The number of methoxy groups -OCH3 is 1. The Hall–Kier alpha value is -2.28. The van der Waals surface area contributed by atoms with E-state index in [2.05, 4.69) is 10.6 Å². The van der Waals surface area contributed by atoms with Gasteiger partial charge in [0.25, 0.3) is 0 Å². The summed E-state index contributed by atoms with van der Waals surface area (Å²) in [6.45, 7) is 0.533. The van der Waals surface area contributed by atoms with Crippen LogP contribution in [0.5, 0.6) is 5.75 Å². The topological polar surface area (TPSA) is 119 Å². The second kappa shape index (κ2) is 8.01. The van der Waals surface area contributed by atoms with Crippen LogP contribution in [0, 0.1) is 5.41 Å². The molecule has 2 rings (SSSR count). The van der Waals surface area contributed by atoms with E-state index in [1.807, 2.05) is 0 Å². The standard InChI is InChI=1S/C17H26N4O3/c1-24-14-9-12(5-6-13(14)21-16(19)23)20-15(22)10-17(11-18)7-3-2-4-8-17/h5-6,9H,2-4,7-8,10-11,18H2,1H3,(H,20,22)(H3,19,21,23). The zero-order chi connectivity index (χ0) is 17.6. The van der Waals surface area contributed by atoms with Gasteiger partial charge in [-0.1, -0.05) is 19.3 Å². The Morgan fingerprint density at radius 1 is 1.21 bits per heavy atom. The van der Waals surface area contributed by atoms with Gasteiger partial charge >= 0.3 is 6.03 Å². The van der Waals surface area contributed by atoms with Gasteiger partial charge in [0.15, 0.2) is 0 Å². The minimum atomic E-state index is -0.674. The van der Waals surface area contributed by atoms with Gasteiger partial charge in [0, 0.05) is 18.2 Å². The highest BCUT2D eigenvalue weighted by Crippen LogP contribution is 2.38. The summed E-state index contributed by atoms with van der Waals surface area (Å²) < 4.78 is 5.22.